The predicted octanol–water partition coefficient (Wildman–Crippen LogP) is 1.86. The van der Waals surface area contributed by atoms with Crippen LogP contribution in [0.25, 0.3) is 0 Å². The molecule has 1 aromatic rings. The first-order valence-electron chi connectivity index (χ1n) is 5.47. The molecule has 92 valence electrons. The van der Waals surface area contributed by atoms with Gasteiger partial charge in [-0.15, -0.1) is 0 Å². The SMILES string of the molecule is O=C(O)C1(O)CCN(c2cccc(Br)c2)CC1. The number of carbonyl (C=O) groups is 1. The summed E-state index contributed by atoms with van der Waals surface area (Å²) in [5.41, 5.74) is -0.505. The van der Waals surface area contributed by atoms with E-state index in [1.165, 1.54) is 0 Å². The highest BCUT2D eigenvalue weighted by Crippen LogP contribution is 2.27. The number of aliphatic carboxylic acids is 1. The Morgan fingerprint density at radius 1 is 1.35 bits per heavy atom. The number of aliphatic hydroxyl groups is 1. The fraction of sp³-hybridized carbons (Fsp3) is 0.417. The minimum atomic E-state index is -1.55. The van der Waals surface area contributed by atoms with Crippen LogP contribution in [0.1, 0.15) is 12.8 Å². The second kappa shape index (κ2) is 4.66. The Bertz CT molecular complexity index is 428. The van der Waals surface area contributed by atoms with E-state index in [4.69, 9.17) is 5.11 Å². The maximum absolute atomic E-state index is 10.9. The van der Waals surface area contributed by atoms with Gasteiger partial charge in [0.2, 0.25) is 0 Å². The van der Waals surface area contributed by atoms with Crippen molar-refractivity contribution in [2.24, 2.45) is 0 Å². The molecular weight excluding hydrogens is 286 g/mol. The zero-order chi connectivity index (χ0) is 12.5. The number of halogens is 1. The van der Waals surface area contributed by atoms with Crippen molar-refractivity contribution >= 4 is 27.6 Å². The van der Waals surface area contributed by atoms with Gasteiger partial charge in [-0.1, -0.05) is 22.0 Å². The number of rotatable bonds is 2. The summed E-state index contributed by atoms with van der Waals surface area (Å²) in [5.74, 6) is -1.12. The summed E-state index contributed by atoms with van der Waals surface area (Å²) in [6, 6.07) is 7.86. The average Bonchev–Trinajstić information content (AvgIpc) is 2.30. The molecule has 0 spiro atoms. The Labute approximate surface area is 108 Å². The third-order valence-electron chi connectivity index (χ3n) is 3.16. The summed E-state index contributed by atoms with van der Waals surface area (Å²) in [5, 5.41) is 18.8. The lowest BCUT2D eigenvalue weighted by atomic mass is 9.91. The van der Waals surface area contributed by atoms with Gasteiger partial charge in [0.1, 0.15) is 0 Å². The molecule has 5 heteroatoms. The molecule has 0 unspecified atom stereocenters. The quantitative estimate of drug-likeness (QED) is 0.875. The second-order valence-electron chi connectivity index (χ2n) is 4.30. The van der Waals surface area contributed by atoms with Gasteiger partial charge < -0.3 is 15.1 Å². The Balaban J connectivity index is 2.07. The van der Waals surface area contributed by atoms with Gasteiger partial charge in [-0.05, 0) is 18.2 Å². The van der Waals surface area contributed by atoms with Crippen molar-refractivity contribution < 1.29 is 15.0 Å². The van der Waals surface area contributed by atoms with E-state index in [2.05, 4.69) is 20.8 Å². The first-order valence-corrected chi connectivity index (χ1v) is 6.27. The van der Waals surface area contributed by atoms with Crippen LogP contribution in [-0.4, -0.2) is 34.9 Å². The fourth-order valence-electron chi connectivity index (χ4n) is 2.02. The first-order chi connectivity index (χ1) is 8.01. The number of hydrogen-bond donors (Lipinski definition) is 2. The lowest BCUT2D eigenvalue weighted by molar-refractivity contribution is -0.160. The Kier molecular flexibility index (Phi) is 3.40. The fourth-order valence-corrected chi connectivity index (χ4v) is 2.41. The molecule has 0 aromatic heterocycles. The second-order valence-corrected chi connectivity index (χ2v) is 5.22. The molecule has 1 aliphatic heterocycles. The van der Waals surface area contributed by atoms with Crippen molar-refractivity contribution in [3.8, 4) is 0 Å². The van der Waals surface area contributed by atoms with Crippen LogP contribution in [0.3, 0.4) is 0 Å². The highest BCUT2D eigenvalue weighted by Gasteiger charge is 2.39. The Morgan fingerprint density at radius 3 is 2.53 bits per heavy atom. The highest BCUT2D eigenvalue weighted by atomic mass is 79.9. The zero-order valence-electron chi connectivity index (χ0n) is 9.27. The molecule has 1 saturated heterocycles. The number of anilines is 1. The van der Waals surface area contributed by atoms with Gasteiger partial charge in [0.25, 0.3) is 0 Å². The van der Waals surface area contributed by atoms with Crippen molar-refractivity contribution in [2.45, 2.75) is 18.4 Å². The van der Waals surface area contributed by atoms with Crippen molar-refractivity contribution in [2.75, 3.05) is 18.0 Å². The van der Waals surface area contributed by atoms with Crippen LogP contribution in [-0.2, 0) is 4.79 Å². The molecule has 1 aliphatic rings. The minimum absolute atomic E-state index is 0.259. The smallest absolute Gasteiger partial charge is 0.335 e. The lowest BCUT2D eigenvalue weighted by Gasteiger charge is -2.36. The molecule has 1 aromatic carbocycles. The molecule has 0 amide bonds. The van der Waals surface area contributed by atoms with Crippen molar-refractivity contribution in [3.63, 3.8) is 0 Å². The summed E-state index contributed by atoms with van der Waals surface area (Å²) in [7, 11) is 0. The molecule has 4 nitrogen and oxygen atoms in total. The minimum Gasteiger partial charge on any atom is -0.479 e. The van der Waals surface area contributed by atoms with E-state index in [1.54, 1.807) is 0 Å². The van der Waals surface area contributed by atoms with Crippen LogP contribution >= 0.6 is 15.9 Å². The van der Waals surface area contributed by atoms with Gasteiger partial charge in [-0.3, -0.25) is 0 Å². The van der Waals surface area contributed by atoms with Crippen LogP contribution < -0.4 is 4.90 Å². The summed E-state index contributed by atoms with van der Waals surface area (Å²) < 4.78 is 0.995. The van der Waals surface area contributed by atoms with Gasteiger partial charge in [-0.2, -0.15) is 0 Å². The van der Waals surface area contributed by atoms with Gasteiger partial charge in [0.15, 0.2) is 5.60 Å². The molecule has 0 radical (unpaired) electrons. The van der Waals surface area contributed by atoms with Crippen LogP contribution in [0.2, 0.25) is 0 Å². The molecule has 2 rings (SSSR count). The van der Waals surface area contributed by atoms with Gasteiger partial charge in [-0.25, -0.2) is 4.79 Å². The van der Waals surface area contributed by atoms with Crippen LogP contribution in [0, 0.1) is 0 Å². The number of carboxylic acids is 1. The van der Waals surface area contributed by atoms with Crippen LogP contribution in [0.5, 0.6) is 0 Å². The molecular formula is C12H14BrNO3. The highest BCUT2D eigenvalue weighted by molar-refractivity contribution is 9.10. The first kappa shape index (κ1) is 12.4. The number of piperidine rings is 1. The molecule has 1 heterocycles. The van der Waals surface area contributed by atoms with E-state index in [-0.39, 0.29) is 12.8 Å². The predicted molar refractivity (Wildman–Crippen MR) is 68.2 cm³/mol. The summed E-state index contributed by atoms with van der Waals surface area (Å²) in [6.07, 6.45) is 0.518. The standard InChI is InChI=1S/C12H14BrNO3/c13-9-2-1-3-10(8-9)14-6-4-12(17,5-7-14)11(15)16/h1-3,8,17H,4-7H2,(H,15,16). The average molecular weight is 300 g/mol. The van der Waals surface area contributed by atoms with E-state index in [9.17, 15) is 9.90 Å². The molecule has 2 N–H and O–H groups in total. The number of hydrogen-bond acceptors (Lipinski definition) is 3. The molecule has 0 atom stereocenters. The van der Waals surface area contributed by atoms with E-state index in [0.29, 0.717) is 13.1 Å². The summed E-state index contributed by atoms with van der Waals surface area (Å²) in [6.45, 7) is 1.11. The number of benzene rings is 1. The van der Waals surface area contributed by atoms with Crippen molar-refractivity contribution in [3.05, 3.63) is 28.7 Å². The topological polar surface area (TPSA) is 60.8 Å². The Hall–Kier alpha value is -1.07. The van der Waals surface area contributed by atoms with Gasteiger partial charge >= 0.3 is 5.97 Å². The number of nitrogens with zero attached hydrogens (tertiary/aromatic N) is 1. The van der Waals surface area contributed by atoms with Crippen molar-refractivity contribution in [1.29, 1.82) is 0 Å². The third-order valence-corrected chi connectivity index (χ3v) is 3.66. The van der Waals surface area contributed by atoms with Crippen LogP contribution in [0.4, 0.5) is 5.69 Å². The molecule has 17 heavy (non-hydrogen) atoms. The monoisotopic (exact) mass is 299 g/mol. The zero-order valence-corrected chi connectivity index (χ0v) is 10.9. The number of carboxylic acid groups (broad SMARTS) is 1. The normalized spacial score (nSPS) is 19.1. The van der Waals surface area contributed by atoms with E-state index < -0.39 is 11.6 Å². The molecule has 0 saturated carbocycles. The largest absolute Gasteiger partial charge is 0.479 e. The molecule has 1 fully saturated rings. The lowest BCUT2D eigenvalue weighted by Crippen LogP contribution is -2.49. The van der Waals surface area contributed by atoms with Crippen LogP contribution in [0.15, 0.2) is 28.7 Å². The summed E-state index contributed by atoms with van der Waals surface area (Å²) in [4.78, 5) is 13.0. The molecule has 0 aliphatic carbocycles. The van der Waals surface area contributed by atoms with E-state index in [1.807, 2.05) is 24.3 Å². The van der Waals surface area contributed by atoms with Gasteiger partial charge in [0.05, 0.1) is 0 Å². The van der Waals surface area contributed by atoms with Gasteiger partial charge in [0, 0.05) is 36.1 Å². The molecule has 0 bridgehead atoms. The van der Waals surface area contributed by atoms with Crippen molar-refractivity contribution in [1.82, 2.24) is 0 Å². The summed E-state index contributed by atoms with van der Waals surface area (Å²) >= 11 is 3.40. The maximum atomic E-state index is 10.9. The maximum Gasteiger partial charge on any atom is 0.335 e. The van der Waals surface area contributed by atoms with E-state index in [0.717, 1.165) is 10.2 Å². The third kappa shape index (κ3) is 2.61. The Morgan fingerprint density at radius 2 is 2.00 bits per heavy atom. The van der Waals surface area contributed by atoms with E-state index >= 15 is 0 Å².